The number of rotatable bonds is 8. The molecular weight excluding hydrogens is 671 g/mol. The Hall–Kier alpha value is -4.90. The van der Waals surface area contributed by atoms with E-state index in [9.17, 15) is 9.59 Å². The summed E-state index contributed by atoms with van der Waals surface area (Å²) in [5, 5.41) is 1.18. The summed E-state index contributed by atoms with van der Waals surface area (Å²) >= 11 is 5.85. The number of carbonyl (C=O) groups excluding carboxylic acids is 1. The molecule has 3 heterocycles. The number of piperazine rings is 1. The van der Waals surface area contributed by atoms with Gasteiger partial charge in [0, 0.05) is 55.4 Å². The van der Waals surface area contributed by atoms with E-state index in [1.165, 1.54) is 11.6 Å². The second-order valence-electron chi connectivity index (χ2n) is 11.2. The van der Waals surface area contributed by atoms with Crippen LogP contribution in [0.3, 0.4) is 0 Å². The summed E-state index contributed by atoms with van der Waals surface area (Å²) in [6.45, 7) is 4.24. The van der Waals surface area contributed by atoms with E-state index in [-0.39, 0.29) is 37.1 Å². The molecule has 0 atom stereocenters. The predicted octanol–water partition coefficient (Wildman–Crippen LogP) is 6.69. The van der Waals surface area contributed by atoms with Crippen LogP contribution in [0.15, 0.2) is 100 Å². The minimum absolute atomic E-state index is 0. The molecule has 10 nitrogen and oxygen atoms in total. The average molecular weight is 708 g/mol. The number of hydrogen-bond acceptors (Lipinski definition) is 9. The van der Waals surface area contributed by atoms with Gasteiger partial charge in [0.2, 0.25) is 6.79 Å². The van der Waals surface area contributed by atoms with Crippen LogP contribution in [0.4, 0.5) is 0 Å². The number of fused-ring (bicyclic) bond motifs is 2. The number of benzene rings is 4. The number of carbonyl (C=O) groups is 1. The lowest BCUT2D eigenvalue weighted by Crippen LogP contribution is -2.49. The summed E-state index contributed by atoms with van der Waals surface area (Å²) in [5.74, 6) is 4.12. The SMILES string of the molecule is COc1cccc(-c2cc(=O)c3ccc(OC)cc3o2)c1.Cl.O=C(COc1ccc(Cl)cc1)N1CCN(Cc2ccc3c(c2)OCO3)CC1. The zero-order valence-electron chi connectivity index (χ0n) is 27.1. The summed E-state index contributed by atoms with van der Waals surface area (Å²) in [5.41, 5.74) is 2.39. The van der Waals surface area contributed by atoms with Crippen molar-refractivity contribution >= 4 is 40.9 Å². The van der Waals surface area contributed by atoms with Crippen molar-refractivity contribution in [3.05, 3.63) is 112 Å². The largest absolute Gasteiger partial charge is 0.497 e. The zero-order valence-corrected chi connectivity index (χ0v) is 28.6. The average Bonchev–Trinajstić information content (AvgIpc) is 3.60. The molecule has 5 aromatic rings. The van der Waals surface area contributed by atoms with Crippen molar-refractivity contribution < 1.29 is 32.9 Å². The Kier molecular flexibility index (Phi) is 11.9. The second-order valence-corrected chi connectivity index (χ2v) is 11.6. The Morgan fingerprint density at radius 1 is 0.796 bits per heavy atom. The first kappa shape index (κ1) is 35.4. The van der Waals surface area contributed by atoms with E-state index < -0.39 is 0 Å². The number of nitrogens with zero attached hydrogens (tertiary/aromatic N) is 2. The highest BCUT2D eigenvalue weighted by Gasteiger charge is 2.22. The van der Waals surface area contributed by atoms with E-state index in [1.54, 1.807) is 56.7 Å². The van der Waals surface area contributed by atoms with Crippen LogP contribution >= 0.6 is 24.0 Å². The molecule has 1 fully saturated rings. The van der Waals surface area contributed by atoms with Crippen LogP contribution in [0.25, 0.3) is 22.3 Å². The lowest BCUT2D eigenvalue weighted by molar-refractivity contribution is -0.135. The van der Waals surface area contributed by atoms with Gasteiger partial charge in [-0.25, -0.2) is 0 Å². The molecule has 0 bridgehead atoms. The monoisotopic (exact) mass is 706 g/mol. The Bertz CT molecular complexity index is 1940. The molecule has 7 rings (SSSR count). The molecule has 12 heteroatoms. The second kappa shape index (κ2) is 16.5. The molecule has 1 aromatic heterocycles. The van der Waals surface area contributed by atoms with Gasteiger partial charge < -0.3 is 33.0 Å². The van der Waals surface area contributed by atoms with Crippen molar-refractivity contribution in [2.24, 2.45) is 0 Å². The highest BCUT2D eigenvalue weighted by molar-refractivity contribution is 6.30. The molecule has 0 aliphatic carbocycles. The minimum atomic E-state index is -0.0864. The molecule has 0 spiro atoms. The van der Waals surface area contributed by atoms with Gasteiger partial charge in [0.1, 0.15) is 28.6 Å². The standard InChI is InChI=1S/C20H21ClN2O4.C17H14O4.ClH/c21-16-2-4-17(5-3-16)25-13-20(24)23-9-7-22(8-10-23)12-15-1-6-18-19(11-15)27-14-26-18;1-19-12-5-3-4-11(8-12)16-10-15(18)14-7-6-13(20-2)9-17(14)21-16;/h1-6,11H,7-10,12-14H2;3-10H,1-2H3;1H. The van der Waals surface area contributed by atoms with E-state index in [0.717, 1.165) is 36.7 Å². The first-order chi connectivity index (χ1) is 23.4. The molecule has 0 radical (unpaired) electrons. The highest BCUT2D eigenvalue weighted by atomic mass is 35.5. The molecular formula is C37H36Cl2N2O8. The fourth-order valence-electron chi connectivity index (χ4n) is 5.40. The molecule has 0 N–H and O–H groups in total. The summed E-state index contributed by atoms with van der Waals surface area (Å²) < 4.78 is 32.5. The maximum atomic E-state index is 12.4. The third-order valence-electron chi connectivity index (χ3n) is 8.03. The Balaban J connectivity index is 0.000000193. The van der Waals surface area contributed by atoms with Crippen molar-refractivity contribution in [1.29, 1.82) is 0 Å². The van der Waals surface area contributed by atoms with Crippen molar-refractivity contribution in [1.82, 2.24) is 9.80 Å². The van der Waals surface area contributed by atoms with Gasteiger partial charge in [0.25, 0.3) is 5.91 Å². The topological polar surface area (TPSA) is 99.9 Å². The summed E-state index contributed by atoms with van der Waals surface area (Å²) in [6, 6.07) is 27.1. The highest BCUT2D eigenvalue weighted by Crippen LogP contribution is 2.33. The van der Waals surface area contributed by atoms with Crippen molar-refractivity contribution in [2.45, 2.75) is 6.54 Å². The predicted molar refractivity (Wildman–Crippen MR) is 190 cm³/mol. The number of amides is 1. The smallest absolute Gasteiger partial charge is 0.260 e. The van der Waals surface area contributed by atoms with Crippen LogP contribution in [-0.2, 0) is 11.3 Å². The fraction of sp³-hybridized carbons (Fsp3) is 0.243. The lowest BCUT2D eigenvalue weighted by atomic mass is 10.1. The van der Waals surface area contributed by atoms with E-state index in [2.05, 4.69) is 11.0 Å². The maximum Gasteiger partial charge on any atom is 0.260 e. The van der Waals surface area contributed by atoms with Crippen LogP contribution < -0.4 is 29.1 Å². The molecule has 2 aliphatic heterocycles. The number of ether oxygens (including phenoxy) is 5. The fourth-order valence-corrected chi connectivity index (χ4v) is 5.53. The van der Waals surface area contributed by atoms with E-state index in [0.29, 0.717) is 52.1 Å². The normalized spacial score (nSPS) is 13.6. The van der Waals surface area contributed by atoms with Crippen LogP contribution in [0.1, 0.15) is 5.56 Å². The van der Waals surface area contributed by atoms with E-state index in [1.807, 2.05) is 41.3 Å². The first-order valence-electron chi connectivity index (χ1n) is 15.4. The Morgan fingerprint density at radius 3 is 2.27 bits per heavy atom. The van der Waals surface area contributed by atoms with Crippen molar-refractivity contribution in [3.8, 4) is 40.1 Å². The molecule has 1 saturated heterocycles. The molecule has 0 unspecified atom stereocenters. The third-order valence-corrected chi connectivity index (χ3v) is 8.29. The maximum absolute atomic E-state index is 12.4. The summed E-state index contributed by atoms with van der Waals surface area (Å²) in [4.78, 5) is 28.7. The molecule has 0 saturated carbocycles. The molecule has 1 amide bonds. The third kappa shape index (κ3) is 8.97. The van der Waals surface area contributed by atoms with Crippen molar-refractivity contribution in [2.75, 3.05) is 53.8 Å². The van der Waals surface area contributed by atoms with Gasteiger partial charge in [0.05, 0.1) is 19.6 Å². The van der Waals surface area contributed by atoms with Crippen LogP contribution in [0.2, 0.25) is 5.02 Å². The quantitative estimate of drug-likeness (QED) is 0.175. The van der Waals surface area contributed by atoms with E-state index >= 15 is 0 Å². The zero-order chi connectivity index (χ0) is 33.5. The molecule has 2 aliphatic rings. The number of hydrogen-bond donors (Lipinski definition) is 0. The van der Waals surface area contributed by atoms with Gasteiger partial charge in [-0.05, 0) is 66.2 Å². The minimum Gasteiger partial charge on any atom is -0.497 e. The van der Waals surface area contributed by atoms with Gasteiger partial charge in [0.15, 0.2) is 23.5 Å². The Morgan fingerprint density at radius 2 is 1.51 bits per heavy atom. The first-order valence-corrected chi connectivity index (χ1v) is 15.8. The van der Waals surface area contributed by atoms with Crippen LogP contribution in [0.5, 0.6) is 28.7 Å². The Labute approximate surface area is 295 Å². The lowest BCUT2D eigenvalue weighted by Gasteiger charge is -2.34. The number of halogens is 2. The summed E-state index contributed by atoms with van der Waals surface area (Å²) in [6.07, 6.45) is 0. The number of methoxy groups -OCH3 is 2. The van der Waals surface area contributed by atoms with Crippen molar-refractivity contribution in [3.63, 3.8) is 0 Å². The molecule has 49 heavy (non-hydrogen) atoms. The van der Waals surface area contributed by atoms with Gasteiger partial charge in [-0.15, -0.1) is 12.4 Å². The van der Waals surface area contributed by atoms with E-state index in [4.69, 9.17) is 39.7 Å². The van der Waals surface area contributed by atoms with Gasteiger partial charge in [-0.1, -0.05) is 29.8 Å². The van der Waals surface area contributed by atoms with Gasteiger partial charge >= 0.3 is 0 Å². The molecule has 4 aromatic carbocycles. The summed E-state index contributed by atoms with van der Waals surface area (Å²) in [7, 11) is 3.17. The van der Waals surface area contributed by atoms with Gasteiger partial charge in [-0.3, -0.25) is 14.5 Å². The van der Waals surface area contributed by atoms with Gasteiger partial charge in [-0.2, -0.15) is 0 Å². The van der Waals surface area contributed by atoms with Crippen LogP contribution in [-0.4, -0.2) is 69.5 Å². The van der Waals surface area contributed by atoms with Crippen LogP contribution in [0, 0.1) is 0 Å². The molecule has 256 valence electrons.